The monoisotopic (exact) mass is 388 g/mol. The van der Waals surface area contributed by atoms with Crippen molar-refractivity contribution in [1.82, 2.24) is 15.2 Å². The number of nitrogens with two attached hydrogens (primary N) is 1. The van der Waals surface area contributed by atoms with E-state index in [1.807, 2.05) is 24.3 Å². The number of piperidine rings is 1. The van der Waals surface area contributed by atoms with Gasteiger partial charge in [0.05, 0.1) is 16.6 Å². The van der Waals surface area contributed by atoms with Gasteiger partial charge in [-0.1, -0.05) is 25.1 Å². The molecule has 2 heterocycles. The van der Waals surface area contributed by atoms with Gasteiger partial charge in [0.15, 0.2) is 0 Å². The summed E-state index contributed by atoms with van der Waals surface area (Å²) in [7, 11) is 1.67. The lowest BCUT2D eigenvalue weighted by molar-refractivity contribution is 0.0440. The smallest absolute Gasteiger partial charge is 0.253 e. The number of aromatic nitrogens is 1. The molecule has 0 radical (unpaired) electrons. The van der Waals surface area contributed by atoms with Crippen molar-refractivity contribution >= 4 is 16.8 Å². The molecule has 152 valence electrons. The highest BCUT2D eigenvalue weighted by Crippen LogP contribution is 2.24. The number of alkyl halides is 1. The summed E-state index contributed by atoms with van der Waals surface area (Å²) >= 11 is 0. The standard InChI is InChI=1S/C21H29FN4O2/c1-15(13-28-2)11-26-10-8-21(23,18(22)12-26)14-25-20(27)17-7-3-5-16-6-4-9-24-19(16)17/h3-7,9,15,18H,8,10-14,23H2,1-2H3,(H,25,27). The minimum atomic E-state index is -1.21. The Balaban J connectivity index is 1.60. The Morgan fingerprint density at radius 2 is 2.25 bits per heavy atom. The highest BCUT2D eigenvalue weighted by molar-refractivity contribution is 6.05. The van der Waals surface area contributed by atoms with Gasteiger partial charge in [0, 0.05) is 51.5 Å². The zero-order valence-electron chi connectivity index (χ0n) is 16.5. The number of nitrogens with zero attached hydrogens (tertiary/aromatic N) is 2. The molecule has 0 bridgehead atoms. The molecule has 3 atom stereocenters. The van der Waals surface area contributed by atoms with Crippen LogP contribution in [0.25, 0.3) is 10.9 Å². The predicted molar refractivity (Wildman–Crippen MR) is 108 cm³/mol. The van der Waals surface area contributed by atoms with Crippen molar-refractivity contribution in [2.75, 3.05) is 39.9 Å². The van der Waals surface area contributed by atoms with Crippen LogP contribution in [0.3, 0.4) is 0 Å². The summed E-state index contributed by atoms with van der Waals surface area (Å²) in [6.07, 6.45) is 0.936. The van der Waals surface area contributed by atoms with Gasteiger partial charge in [0.1, 0.15) is 6.17 Å². The van der Waals surface area contributed by atoms with Gasteiger partial charge >= 0.3 is 0 Å². The van der Waals surface area contributed by atoms with Crippen molar-refractivity contribution in [2.24, 2.45) is 11.7 Å². The average molecular weight is 388 g/mol. The molecule has 1 aliphatic rings. The first kappa shape index (κ1) is 20.6. The van der Waals surface area contributed by atoms with Crippen LogP contribution in [-0.4, -0.2) is 67.4 Å². The van der Waals surface area contributed by atoms with Crippen LogP contribution in [0.1, 0.15) is 23.7 Å². The van der Waals surface area contributed by atoms with Crippen molar-refractivity contribution in [3.8, 4) is 0 Å². The third-order valence-electron chi connectivity index (χ3n) is 5.41. The summed E-state index contributed by atoms with van der Waals surface area (Å²) in [4.78, 5) is 19.1. The number of nitrogens with one attached hydrogen (secondary N) is 1. The SMILES string of the molecule is COCC(C)CN1CCC(N)(CNC(=O)c2cccc3cccnc23)C(F)C1. The normalized spacial score (nSPS) is 24.2. The summed E-state index contributed by atoms with van der Waals surface area (Å²) in [5.74, 6) is 0.0542. The van der Waals surface area contributed by atoms with Crippen LogP contribution in [0.4, 0.5) is 4.39 Å². The third kappa shape index (κ3) is 4.66. The zero-order chi connectivity index (χ0) is 20.1. The third-order valence-corrected chi connectivity index (χ3v) is 5.41. The second-order valence-corrected chi connectivity index (χ2v) is 7.83. The maximum absolute atomic E-state index is 14.9. The number of benzene rings is 1. The molecule has 2 aromatic rings. The molecule has 6 nitrogen and oxygen atoms in total. The van der Waals surface area contributed by atoms with Gasteiger partial charge in [-0.15, -0.1) is 0 Å². The van der Waals surface area contributed by atoms with Gasteiger partial charge in [-0.3, -0.25) is 14.7 Å². The van der Waals surface area contributed by atoms with Crippen LogP contribution in [0.15, 0.2) is 36.5 Å². The first-order chi connectivity index (χ1) is 13.4. The molecule has 7 heteroatoms. The Bertz CT molecular complexity index is 813. The maximum atomic E-state index is 14.9. The number of hydrogen-bond donors (Lipinski definition) is 2. The summed E-state index contributed by atoms with van der Waals surface area (Å²) < 4.78 is 20.0. The first-order valence-corrected chi connectivity index (χ1v) is 9.69. The molecule has 0 aliphatic carbocycles. The van der Waals surface area contributed by atoms with E-state index in [0.29, 0.717) is 36.6 Å². The maximum Gasteiger partial charge on any atom is 0.253 e. The van der Waals surface area contributed by atoms with Crippen molar-refractivity contribution in [3.63, 3.8) is 0 Å². The van der Waals surface area contributed by atoms with E-state index in [-0.39, 0.29) is 19.0 Å². The molecule has 28 heavy (non-hydrogen) atoms. The van der Waals surface area contributed by atoms with Gasteiger partial charge in [-0.05, 0) is 24.5 Å². The number of amides is 1. The Kier molecular flexibility index (Phi) is 6.59. The Hall–Kier alpha value is -2.09. The molecule has 1 saturated heterocycles. The van der Waals surface area contributed by atoms with Crippen LogP contribution < -0.4 is 11.1 Å². The molecule has 1 amide bonds. The second-order valence-electron chi connectivity index (χ2n) is 7.83. The Morgan fingerprint density at radius 3 is 3.00 bits per heavy atom. The summed E-state index contributed by atoms with van der Waals surface area (Å²) in [6, 6.07) is 9.17. The van der Waals surface area contributed by atoms with Crippen molar-refractivity contribution in [2.45, 2.75) is 25.1 Å². The van der Waals surface area contributed by atoms with E-state index in [1.54, 1.807) is 19.4 Å². The van der Waals surface area contributed by atoms with Crippen molar-refractivity contribution in [1.29, 1.82) is 0 Å². The Morgan fingerprint density at radius 1 is 1.46 bits per heavy atom. The first-order valence-electron chi connectivity index (χ1n) is 9.69. The summed E-state index contributed by atoms with van der Waals surface area (Å²) in [6.45, 7) is 4.58. The summed E-state index contributed by atoms with van der Waals surface area (Å²) in [5.41, 5.74) is 6.38. The number of para-hydroxylation sites is 1. The largest absolute Gasteiger partial charge is 0.384 e. The number of halogens is 1. The van der Waals surface area contributed by atoms with Crippen LogP contribution in [0, 0.1) is 5.92 Å². The topological polar surface area (TPSA) is 80.5 Å². The van der Waals surface area contributed by atoms with E-state index in [4.69, 9.17) is 10.5 Å². The van der Waals surface area contributed by atoms with E-state index < -0.39 is 11.7 Å². The van der Waals surface area contributed by atoms with Crippen LogP contribution in [0.5, 0.6) is 0 Å². The number of rotatable bonds is 7. The Labute approximate surface area is 165 Å². The molecule has 0 spiro atoms. The lowest BCUT2D eigenvalue weighted by Crippen LogP contribution is -2.64. The highest BCUT2D eigenvalue weighted by Gasteiger charge is 2.40. The fraction of sp³-hybridized carbons (Fsp3) is 0.524. The van der Waals surface area contributed by atoms with Gasteiger partial charge in [-0.25, -0.2) is 4.39 Å². The highest BCUT2D eigenvalue weighted by atomic mass is 19.1. The van der Waals surface area contributed by atoms with E-state index in [0.717, 1.165) is 11.9 Å². The molecular formula is C21H29FN4O2. The average Bonchev–Trinajstić information content (AvgIpc) is 2.69. The van der Waals surface area contributed by atoms with E-state index in [1.165, 1.54) is 0 Å². The molecule has 0 saturated carbocycles. The van der Waals surface area contributed by atoms with Crippen LogP contribution in [-0.2, 0) is 4.74 Å². The molecule has 3 N–H and O–H groups in total. The number of pyridine rings is 1. The zero-order valence-corrected chi connectivity index (χ0v) is 16.5. The molecule has 1 aromatic heterocycles. The summed E-state index contributed by atoms with van der Waals surface area (Å²) in [5, 5.41) is 3.71. The number of carbonyl (C=O) groups excluding carboxylic acids is 1. The number of likely N-dealkylation sites (tertiary alicyclic amines) is 1. The van der Waals surface area contributed by atoms with E-state index in [9.17, 15) is 9.18 Å². The quantitative estimate of drug-likeness (QED) is 0.758. The van der Waals surface area contributed by atoms with Gasteiger partial charge in [-0.2, -0.15) is 0 Å². The molecule has 3 rings (SSSR count). The predicted octanol–water partition coefficient (Wildman–Crippen LogP) is 1.99. The van der Waals surface area contributed by atoms with Crippen LogP contribution >= 0.6 is 0 Å². The van der Waals surface area contributed by atoms with E-state index in [2.05, 4.69) is 22.1 Å². The fourth-order valence-electron chi connectivity index (χ4n) is 3.79. The molecule has 1 aromatic carbocycles. The minimum Gasteiger partial charge on any atom is -0.384 e. The fourth-order valence-corrected chi connectivity index (χ4v) is 3.79. The number of fused-ring (bicyclic) bond motifs is 1. The lowest BCUT2D eigenvalue weighted by atomic mass is 9.86. The minimum absolute atomic E-state index is 0.0949. The van der Waals surface area contributed by atoms with Crippen molar-refractivity contribution in [3.05, 3.63) is 42.1 Å². The number of methoxy groups -OCH3 is 1. The van der Waals surface area contributed by atoms with Crippen molar-refractivity contribution < 1.29 is 13.9 Å². The number of carbonyl (C=O) groups is 1. The van der Waals surface area contributed by atoms with Gasteiger partial charge in [0.2, 0.25) is 0 Å². The second kappa shape index (κ2) is 8.94. The molecule has 3 unspecified atom stereocenters. The van der Waals surface area contributed by atoms with Gasteiger partial charge in [0.25, 0.3) is 5.91 Å². The molecule has 1 fully saturated rings. The molecular weight excluding hydrogens is 359 g/mol. The lowest BCUT2D eigenvalue weighted by Gasteiger charge is -2.42. The number of hydrogen-bond acceptors (Lipinski definition) is 5. The van der Waals surface area contributed by atoms with Gasteiger partial charge < -0.3 is 15.8 Å². The number of ether oxygens (including phenoxy) is 1. The molecule has 1 aliphatic heterocycles. The van der Waals surface area contributed by atoms with Crippen LogP contribution in [0.2, 0.25) is 0 Å². The van der Waals surface area contributed by atoms with E-state index >= 15 is 0 Å².